The van der Waals surface area contributed by atoms with E-state index in [1.54, 1.807) is 7.05 Å². The quantitative estimate of drug-likeness (QED) is 0.385. The van der Waals surface area contributed by atoms with E-state index in [0.29, 0.717) is 17.0 Å². The van der Waals surface area contributed by atoms with Gasteiger partial charge in [-0.05, 0) is 31.6 Å². The van der Waals surface area contributed by atoms with Gasteiger partial charge >= 0.3 is 6.18 Å². The van der Waals surface area contributed by atoms with Crippen LogP contribution in [0.5, 0.6) is 0 Å². The fraction of sp³-hybridized carbons (Fsp3) is 0.733. The van der Waals surface area contributed by atoms with Gasteiger partial charge in [-0.2, -0.15) is 13.2 Å². The fourth-order valence-corrected chi connectivity index (χ4v) is 3.53. The highest BCUT2D eigenvalue weighted by Crippen LogP contribution is 2.30. The Hall–Kier alpha value is -0.580. The summed E-state index contributed by atoms with van der Waals surface area (Å²) in [4.78, 5) is 7.74. The van der Waals surface area contributed by atoms with Crippen molar-refractivity contribution in [2.45, 2.75) is 57.8 Å². The molecule has 4 nitrogen and oxygen atoms in total. The molecule has 1 aliphatic carbocycles. The topological polar surface area (TPSA) is 49.3 Å². The lowest BCUT2D eigenvalue weighted by molar-refractivity contribution is -0.140. The summed E-state index contributed by atoms with van der Waals surface area (Å²) in [6.07, 6.45) is 1.49. The number of aliphatic imine (C=N–C) groups is 1. The molecule has 24 heavy (non-hydrogen) atoms. The van der Waals surface area contributed by atoms with Crippen LogP contribution in [0, 0.1) is 5.92 Å². The molecule has 2 N–H and O–H groups in total. The number of rotatable bonds is 4. The Labute approximate surface area is 161 Å². The summed E-state index contributed by atoms with van der Waals surface area (Å²) in [6, 6.07) is 0.381. The average Bonchev–Trinajstić information content (AvgIpc) is 3.01. The number of aromatic nitrogens is 1. The van der Waals surface area contributed by atoms with Crippen molar-refractivity contribution in [1.29, 1.82) is 0 Å². The SMILES string of the molecule is CCC1CCC(NC(=NC)NCc2nc(C(F)(F)F)cs2)CC1.I. The van der Waals surface area contributed by atoms with E-state index in [1.165, 1.54) is 19.3 Å². The Morgan fingerprint density at radius 1 is 1.33 bits per heavy atom. The lowest BCUT2D eigenvalue weighted by Gasteiger charge is -2.29. The molecule has 0 atom stereocenters. The van der Waals surface area contributed by atoms with E-state index in [-0.39, 0.29) is 30.5 Å². The van der Waals surface area contributed by atoms with Crippen molar-refractivity contribution in [3.8, 4) is 0 Å². The smallest absolute Gasteiger partial charge is 0.354 e. The van der Waals surface area contributed by atoms with Crippen molar-refractivity contribution in [3.63, 3.8) is 0 Å². The van der Waals surface area contributed by atoms with Gasteiger partial charge in [0.1, 0.15) is 5.01 Å². The van der Waals surface area contributed by atoms with Crippen LogP contribution >= 0.6 is 35.3 Å². The van der Waals surface area contributed by atoms with Gasteiger partial charge in [-0.25, -0.2) is 4.98 Å². The molecule has 0 unspecified atom stereocenters. The molecule has 0 spiro atoms. The maximum absolute atomic E-state index is 12.5. The summed E-state index contributed by atoms with van der Waals surface area (Å²) >= 11 is 1.00. The van der Waals surface area contributed by atoms with Crippen molar-refractivity contribution in [1.82, 2.24) is 15.6 Å². The minimum Gasteiger partial charge on any atom is -0.354 e. The van der Waals surface area contributed by atoms with E-state index in [0.717, 1.165) is 35.5 Å². The van der Waals surface area contributed by atoms with Crippen LogP contribution in [-0.4, -0.2) is 24.0 Å². The van der Waals surface area contributed by atoms with E-state index in [9.17, 15) is 13.2 Å². The molecule has 138 valence electrons. The predicted molar refractivity (Wildman–Crippen MR) is 102 cm³/mol. The minimum absolute atomic E-state index is 0. The normalized spacial score (nSPS) is 22.0. The number of nitrogens with one attached hydrogen (secondary N) is 2. The highest BCUT2D eigenvalue weighted by atomic mass is 127. The second kappa shape index (κ2) is 9.79. The van der Waals surface area contributed by atoms with Crippen molar-refractivity contribution >= 4 is 41.3 Å². The Bertz CT molecular complexity index is 525. The van der Waals surface area contributed by atoms with E-state index < -0.39 is 11.9 Å². The number of hydrogen-bond acceptors (Lipinski definition) is 3. The predicted octanol–water partition coefficient (Wildman–Crippen LogP) is 4.41. The van der Waals surface area contributed by atoms with Crippen LogP contribution in [0.4, 0.5) is 13.2 Å². The maximum atomic E-state index is 12.5. The Morgan fingerprint density at radius 3 is 2.50 bits per heavy atom. The molecule has 0 radical (unpaired) electrons. The average molecular weight is 476 g/mol. The number of nitrogens with zero attached hydrogens (tertiary/aromatic N) is 2. The number of alkyl halides is 3. The van der Waals surface area contributed by atoms with Gasteiger partial charge in [-0.15, -0.1) is 35.3 Å². The van der Waals surface area contributed by atoms with Gasteiger partial charge in [0.2, 0.25) is 0 Å². The van der Waals surface area contributed by atoms with Crippen LogP contribution in [0.2, 0.25) is 0 Å². The van der Waals surface area contributed by atoms with Gasteiger partial charge in [0, 0.05) is 18.5 Å². The number of guanidine groups is 1. The number of thiazole rings is 1. The van der Waals surface area contributed by atoms with Crippen molar-refractivity contribution < 1.29 is 13.2 Å². The number of hydrogen-bond donors (Lipinski definition) is 2. The Kier molecular flexibility index (Phi) is 8.75. The molecule has 1 heterocycles. The molecule has 1 aromatic heterocycles. The first-order chi connectivity index (χ1) is 10.9. The monoisotopic (exact) mass is 476 g/mol. The molecule has 0 saturated heterocycles. The van der Waals surface area contributed by atoms with Gasteiger partial charge in [0.15, 0.2) is 11.7 Å². The Balaban J connectivity index is 0.00000288. The van der Waals surface area contributed by atoms with E-state index in [2.05, 4.69) is 27.5 Å². The highest BCUT2D eigenvalue weighted by molar-refractivity contribution is 14.0. The third-order valence-corrected chi connectivity index (χ3v) is 5.09. The van der Waals surface area contributed by atoms with Crippen LogP contribution in [0.1, 0.15) is 49.7 Å². The molecule has 9 heteroatoms. The van der Waals surface area contributed by atoms with E-state index in [4.69, 9.17) is 0 Å². The molecule has 1 saturated carbocycles. The zero-order valence-electron chi connectivity index (χ0n) is 13.8. The zero-order chi connectivity index (χ0) is 16.9. The molecule has 1 aliphatic rings. The largest absolute Gasteiger partial charge is 0.434 e. The Morgan fingerprint density at radius 2 is 2.00 bits per heavy atom. The summed E-state index contributed by atoms with van der Waals surface area (Å²) in [5, 5.41) is 7.83. The van der Waals surface area contributed by atoms with Crippen LogP contribution < -0.4 is 10.6 Å². The molecule has 0 bridgehead atoms. The minimum atomic E-state index is -4.38. The summed E-state index contributed by atoms with van der Waals surface area (Å²) in [5.74, 6) is 1.44. The van der Waals surface area contributed by atoms with Crippen molar-refractivity contribution in [2.24, 2.45) is 10.9 Å². The van der Waals surface area contributed by atoms with Crippen molar-refractivity contribution in [3.05, 3.63) is 16.1 Å². The lowest BCUT2D eigenvalue weighted by Crippen LogP contribution is -2.44. The molecule has 1 fully saturated rings. The molecule has 0 aliphatic heterocycles. The van der Waals surface area contributed by atoms with Gasteiger partial charge in [-0.3, -0.25) is 4.99 Å². The van der Waals surface area contributed by atoms with Gasteiger partial charge < -0.3 is 10.6 Å². The molecule has 2 rings (SSSR count). The first kappa shape index (κ1) is 21.5. The van der Waals surface area contributed by atoms with Gasteiger partial charge in [0.05, 0.1) is 6.54 Å². The highest BCUT2D eigenvalue weighted by Gasteiger charge is 2.33. The third-order valence-electron chi connectivity index (χ3n) is 4.24. The standard InChI is InChI=1S/C15H23F3N4S.HI/c1-3-10-4-6-11(7-5-10)21-14(19-2)20-8-13-22-12(9-23-13)15(16,17)18;/h9-11H,3-8H2,1-2H3,(H2,19,20,21);1H. The van der Waals surface area contributed by atoms with Crippen LogP contribution in [-0.2, 0) is 12.7 Å². The summed E-state index contributed by atoms with van der Waals surface area (Å²) in [6.45, 7) is 2.47. The molecular weight excluding hydrogens is 452 g/mol. The molecule has 1 aromatic rings. The van der Waals surface area contributed by atoms with Crippen LogP contribution in [0.3, 0.4) is 0 Å². The number of halogens is 4. The van der Waals surface area contributed by atoms with Crippen molar-refractivity contribution in [2.75, 3.05) is 7.05 Å². The second-order valence-corrected chi connectivity index (χ2v) is 6.76. The van der Waals surface area contributed by atoms with Crippen LogP contribution in [0.25, 0.3) is 0 Å². The van der Waals surface area contributed by atoms with Gasteiger partial charge in [-0.1, -0.05) is 13.3 Å². The molecular formula is C15H24F3IN4S. The first-order valence-electron chi connectivity index (χ1n) is 7.91. The molecule has 0 aromatic carbocycles. The van der Waals surface area contributed by atoms with Crippen LogP contribution in [0.15, 0.2) is 10.4 Å². The fourth-order valence-electron chi connectivity index (χ4n) is 2.78. The summed E-state index contributed by atoms with van der Waals surface area (Å²) < 4.78 is 37.6. The lowest BCUT2D eigenvalue weighted by atomic mass is 9.84. The second-order valence-electron chi connectivity index (χ2n) is 5.82. The zero-order valence-corrected chi connectivity index (χ0v) is 17.0. The maximum Gasteiger partial charge on any atom is 0.434 e. The van der Waals surface area contributed by atoms with E-state index >= 15 is 0 Å². The summed E-state index contributed by atoms with van der Waals surface area (Å²) in [7, 11) is 1.66. The van der Waals surface area contributed by atoms with Gasteiger partial charge in [0.25, 0.3) is 0 Å². The van der Waals surface area contributed by atoms with E-state index in [1.807, 2.05) is 0 Å². The third kappa shape index (κ3) is 6.38. The first-order valence-corrected chi connectivity index (χ1v) is 8.79. The molecule has 0 amide bonds. The summed E-state index contributed by atoms with van der Waals surface area (Å²) in [5.41, 5.74) is -0.833.